The molecule has 1 aliphatic rings. The normalized spacial score (nSPS) is 17.0. The van der Waals surface area contributed by atoms with Crippen LogP contribution in [-0.4, -0.2) is 24.0 Å². The SMILES string of the molecule is COc1cccc(C2CC2SNc2c(OC)cc(=O)n(C)c2Nc2ccc(C)cc2F)c1. The van der Waals surface area contributed by atoms with Crippen molar-refractivity contribution < 1.29 is 13.9 Å². The fourth-order valence-corrected chi connectivity index (χ4v) is 4.68. The Morgan fingerprint density at radius 2 is 1.94 bits per heavy atom. The molecule has 8 heteroatoms. The minimum atomic E-state index is -0.390. The number of rotatable bonds is 8. The predicted molar refractivity (Wildman–Crippen MR) is 128 cm³/mol. The summed E-state index contributed by atoms with van der Waals surface area (Å²) in [7, 11) is 4.82. The predicted octanol–water partition coefficient (Wildman–Crippen LogP) is 5.21. The lowest BCUT2D eigenvalue weighted by Crippen LogP contribution is -2.20. The number of benzene rings is 2. The molecular formula is C24H26FN3O3S. The second-order valence-corrected chi connectivity index (χ2v) is 8.86. The number of hydrogen-bond donors (Lipinski definition) is 2. The molecular weight excluding hydrogens is 429 g/mol. The summed E-state index contributed by atoms with van der Waals surface area (Å²) in [6, 6.07) is 14.4. The summed E-state index contributed by atoms with van der Waals surface area (Å²) >= 11 is 1.57. The van der Waals surface area contributed by atoms with E-state index in [1.165, 1.54) is 29.4 Å². The third-order valence-electron chi connectivity index (χ3n) is 5.57. The Bertz CT molecular complexity index is 1200. The molecule has 1 aromatic heterocycles. The number of pyridine rings is 1. The molecule has 0 aliphatic heterocycles. The van der Waals surface area contributed by atoms with Crippen LogP contribution >= 0.6 is 11.9 Å². The molecule has 6 nitrogen and oxygen atoms in total. The van der Waals surface area contributed by atoms with Gasteiger partial charge in [0.15, 0.2) is 5.75 Å². The largest absolute Gasteiger partial charge is 0.497 e. The van der Waals surface area contributed by atoms with E-state index in [2.05, 4.69) is 22.2 Å². The molecule has 0 bridgehead atoms. The molecule has 168 valence electrons. The highest BCUT2D eigenvalue weighted by molar-refractivity contribution is 8.01. The van der Waals surface area contributed by atoms with Crippen LogP contribution in [0.1, 0.15) is 23.5 Å². The zero-order chi connectivity index (χ0) is 22.8. The molecule has 0 radical (unpaired) electrons. The average molecular weight is 456 g/mol. The molecule has 2 atom stereocenters. The van der Waals surface area contributed by atoms with Crippen LogP contribution in [0, 0.1) is 12.7 Å². The van der Waals surface area contributed by atoms with Gasteiger partial charge in [0.2, 0.25) is 0 Å². The zero-order valence-corrected chi connectivity index (χ0v) is 19.3. The van der Waals surface area contributed by atoms with Crippen molar-refractivity contribution in [1.29, 1.82) is 0 Å². The fourth-order valence-electron chi connectivity index (χ4n) is 3.59. The van der Waals surface area contributed by atoms with Crippen molar-refractivity contribution in [3.05, 3.63) is 75.8 Å². The van der Waals surface area contributed by atoms with Gasteiger partial charge < -0.3 is 19.5 Å². The van der Waals surface area contributed by atoms with Crippen molar-refractivity contribution >= 4 is 29.1 Å². The van der Waals surface area contributed by atoms with Gasteiger partial charge >= 0.3 is 0 Å². The summed E-state index contributed by atoms with van der Waals surface area (Å²) in [5, 5.41) is 3.42. The van der Waals surface area contributed by atoms with E-state index in [1.807, 2.05) is 25.1 Å². The number of methoxy groups -OCH3 is 2. The number of hydrogen-bond acceptors (Lipinski definition) is 6. The summed E-state index contributed by atoms with van der Waals surface area (Å²) in [6.45, 7) is 1.83. The number of anilines is 3. The standard InChI is InChI=1S/C24H26FN3O3S/c1-14-8-9-19(18(25)10-14)26-24-23(20(31-4)13-22(29)28(24)2)27-32-21-12-17(21)15-6-5-7-16(11-15)30-3/h5-11,13,17,21,26-27H,12H2,1-4H3. The maximum atomic E-state index is 14.5. The van der Waals surface area contributed by atoms with Crippen LogP contribution in [0.25, 0.3) is 0 Å². The second-order valence-electron chi connectivity index (χ2n) is 7.82. The van der Waals surface area contributed by atoms with Crippen LogP contribution in [0.2, 0.25) is 0 Å². The van der Waals surface area contributed by atoms with E-state index in [-0.39, 0.29) is 17.1 Å². The molecule has 2 aromatic carbocycles. The number of halogens is 1. The number of aromatic nitrogens is 1. The van der Waals surface area contributed by atoms with E-state index in [0.717, 1.165) is 17.7 Å². The van der Waals surface area contributed by atoms with Crippen LogP contribution in [-0.2, 0) is 7.05 Å². The molecule has 0 spiro atoms. The van der Waals surface area contributed by atoms with Crippen LogP contribution in [0.5, 0.6) is 11.5 Å². The molecule has 1 aliphatic carbocycles. The first-order valence-electron chi connectivity index (χ1n) is 10.3. The van der Waals surface area contributed by atoms with Crippen LogP contribution in [0.3, 0.4) is 0 Å². The first-order valence-corrected chi connectivity index (χ1v) is 11.2. The van der Waals surface area contributed by atoms with Gasteiger partial charge in [0.05, 0.1) is 19.9 Å². The van der Waals surface area contributed by atoms with Crippen molar-refractivity contribution in [2.24, 2.45) is 7.05 Å². The third kappa shape index (κ3) is 4.55. The minimum Gasteiger partial charge on any atom is -0.497 e. The number of nitrogens with zero attached hydrogens (tertiary/aromatic N) is 1. The molecule has 2 N–H and O–H groups in total. The van der Waals surface area contributed by atoms with Gasteiger partial charge in [-0.25, -0.2) is 4.39 Å². The third-order valence-corrected chi connectivity index (χ3v) is 6.71. The molecule has 1 heterocycles. The summed E-state index contributed by atoms with van der Waals surface area (Å²) in [5.41, 5.74) is 2.67. The van der Waals surface area contributed by atoms with Crippen molar-refractivity contribution in [2.75, 3.05) is 24.3 Å². The quantitative estimate of drug-likeness (QED) is 0.455. The molecule has 0 amide bonds. The van der Waals surface area contributed by atoms with Gasteiger partial charge in [0.1, 0.15) is 23.1 Å². The van der Waals surface area contributed by atoms with E-state index in [9.17, 15) is 9.18 Å². The lowest BCUT2D eigenvalue weighted by molar-refractivity contribution is 0.414. The summed E-state index contributed by atoms with van der Waals surface area (Å²) < 4.78 is 30.1. The van der Waals surface area contributed by atoms with Gasteiger partial charge in [0.25, 0.3) is 5.56 Å². The van der Waals surface area contributed by atoms with E-state index in [0.29, 0.717) is 28.4 Å². The Kier molecular flexibility index (Phi) is 6.32. The van der Waals surface area contributed by atoms with Gasteiger partial charge in [-0.1, -0.05) is 18.2 Å². The smallest absolute Gasteiger partial charge is 0.255 e. The first-order chi connectivity index (χ1) is 15.4. The molecule has 1 fully saturated rings. The van der Waals surface area contributed by atoms with E-state index in [1.54, 1.807) is 32.2 Å². The highest BCUT2D eigenvalue weighted by atomic mass is 32.2. The van der Waals surface area contributed by atoms with Gasteiger partial charge in [-0.2, -0.15) is 0 Å². The Morgan fingerprint density at radius 3 is 2.66 bits per heavy atom. The monoisotopic (exact) mass is 455 g/mol. The van der Waals surface area contributed by atoms with Crippen molar-refractivity contribution in [3.8, 4) is 11.5 Å². The Labute approximate surface area is 190 Å². The number of aryl methyl sites for hydroxylation is 1. The minimum absolute atomic E-state index is 0.256. The van der Waals surface area contributed by atoms with E-state index in [4.69, 9.17) is 9.47 Å². The highest BCUT2D eigenvalue weighted by Crippen LogP contribution is 2.50. The molecule has 32 heavy (non-hydrogen) atoms. The Morgan fingerprint density at radius 1 is 1.12 bits per heavy atom. The number of nitrogens with one attached hydrogen (secondary N) is 2. The molecule has 1 saturated carbocycles. The average Bonchev–Trinajstić information content (AvgIpc) is 3.57. The maximum absolute atomic E-state index is 14.5. The fraction of sp³-hybridized carbons (Fsp3) is 0.292. The van der Waals surface area contributed by atoms with Crippen LogP contribution in [0.4, 0.5) is 21.6 Å². The summed E-state index contributed by atoms with van der Waals surface area (Å²) in [4.78, 5) is 12.5. The first kappa shape index (κ1) is 22.1. The second kappa shape index (κ2) is 9.16. The van der Waals surface area contributed by atoms with Gasteiger partial charge in [-0.05, 0) is 66.6 Å². The van der Waals surface area contributed by atoms with Gasteiger partial charge in [0, 0.05) is 18.4 Å². The molecule has 0 saturated heterocycles. The van der Waals surface area contributed by atoms with E-state index < -0.39 is 0 Å². The van der Waals surface area contributed by atoms with E-state index >= 15 is 0 Å². The molecule has 4 rings (SSSR count). The summed E-state index contributed by atoms with van der Waals surface area (Å²) in [5.74, 6) is 1.70. The molecule has 3 aromatic rings. The molecule has 2 unspecified atom stereocenters. The topological polar surface area (TPSA) is 64.5 Å². The van der Waals surface area contributed by atoms with Crippen molar-refractivity contribution in [2.45, 2.75) is 24.5 Å². The van der Waals surface area contributed by atoms with Crippen molar-refractivity contribution in [3.63, 3.8) is 0 Å². The number of ether oxygens (including phenoxy) is 2. The van der Waals surface area contributed by atoms with Gasteiger partial charge in [-0.15, -0.1) is 0 Å². The van der Waals surface area contributed by atoms with Crippen LogP contribution in [0.15, 0.2) is 53.3 Å². The summed E-state index contributed by atoms with van der Waals surface area (Å²) in [6.07, 6.45) is 1.02. The lowest BCUT2D eigenvalue weighted by atomic mass is 10.1. The Balaban J connectivity index is 1.57. The zero-order valence-electron chi connectivity index (χ0n) is 18.4. The lowest BCUT2D eigenvalue weighted by Gasteiger charge is -2.19. The highest BCUT2D eigenvalue weighted by Gasteiger charge is 2.39. The maximum Gasteiger partial charge on any atom is 0.255 e. The van der Waals surface area contributed by atoms with Crippen molar-refractivity contribution in [1.82, 2.24) is 4.57 Å². The van der Waals surface area contributed by atoms with Crippen LogP contribution < -0.4 is 25.1 Å². The Hall–Kier alpha value is -3.13. The van der Waals surface area contributed by atoms with Gasteiger partial charge in [-0.3, -0.25) is 9.36 Å².